The highest BCUT2D eigenvalue weighted by Crippen LogP contribution is 2.10. The van der Waals surface area contributed by atoms with Gasteiger partial charge in [0.15, 0.2) is 0 Å². The molecule has 4 heteroatoms. The van der Waals surface area contributed by atoms with Gasteiger partial charge in [-0.25, -0.2) is 13.3 Å². The number of hydrogen-bond acceptors (Lipinski definition) is 1. The summed E-state index contributed by atoms with van der Waals surface area (Å²) in [6, 6.07) is 15.6. The van der Waals surface area contributed by atoms with Gasteiger partial charge in [0.25, 0.3) is 0 Å². The van der Waals surface area contributed by atoms with Crippen molar-refractivity contribution >= 4 is 11.0 Å². The Bertz CT molecular complexity index is 516. The highest BCUT2D eigenvalue weighted by atomic mass is 32.2. The third-order valence-electron chi connectivity index (χ3n) is 2.29. The molecule has 2 nitrogen and oxygen atoms in total. The fraction of sp³-hybridized carbons (Fsp3) is 0.0769. The van der Waals surface area contributed by atoms with Crippen molar-refractivity contribution in [1.82, 2.24) is 4.72 Å². The molecule has 0 amide bonds. The zero-order valence-corrected chi connectivity index (χ0v) is 9.91. The molecule has 0 spiro atoms. The Kier molecular flexibility index (Phi) is 4.01. The normalized spacial score (nSPS) is 12.3. The van der Waals surface area contributed by atoms with Crippen LogP contribution in [0.25, 0.3) is 0 Å². The van der Waals surface area contributed by atoms with Gasteiger partial charge in [-0.1, -0.05) is 42.5 Å². The molecule has 0 aliphatic rings. The number of benzene rings is 2. The standard InChI is InChI=1S/C13H12FNOS/c14-12-8-4-5-9-13(12)17(16)15-10-11-6-2-1-3-7-11/h1-9,15H,10H2. The van der Waals surface area contributed by atoms with Crippen molar-refractivity contribution in [3.05, 3.63) is 66.0 Å². The van der Waals surface area contributed by atoms with Crippen molar-refractivity contribution in [3.8, 4) is 0 Å². The van der Waals surface area contributed by atoms with Crippen LogP contribution in [0, 0.1) is 5.82 Å². The smallest absolute Gasteiger partial charge is 0.140 e. The van der Waals surface area contributed by atoms with Gasteiger partial charge in [-0.2, -0.15) is 0 Å². The lowest BCUT2D eigenvalue weighted by atomic mass is 10.2. The second-order valence-corrected chi connectivity index (χ2v) is 4.77. The fourth-order valence-corrected chi connectivity index (χ4v) is 2.32. The van der Waals surface area contributed by atoms with Crippen LogP contribution in [0.3, 0.4) is 0 Å². The largest absolute Gasteiger partial charge is 0.237 e. The molecule has 0 saturated heterocycles. The van der Waals surface area contributed by atoms with Gasteiger partial charge in [-0.15, -0.1) is 0 Å². The van der Waals surface area contributed by atoms with Gasteiger partial charge in [-0.05, 0) is 17.7 Å². The molecular formula is C13H12FNOS. The SMILES string of the molecule is O=S(NCc1ccccc1)c1ccccc1F. The molecule has 17 heavy (non-hydrogen) atoms. The van der Waals surface area contributed by atoms with Crippen molar-refractivity contribution in [1.29, 1.82) is 0 Å². The van der Waals surface area contributed by atoms with E-state index in [-0.39, 0.29) is 4.90 Å². The van der Waals surface area contributed by atoms with Crippen molar-refractivity contribution in [2.24, 2.45) is 0 Å². The number of hydrogen-bond donors (Lipinski definition) is 1. The first-order chi connectivity index (χ1) is 8.27. The molecule has 0 radical (unpaired) electrons. The molecule has 2 aromatic rings. The molecule has 0 aliphatic heterocycles. The van der Waals surface area contributed by atoms with E-state index in [1.54, 1.807) is 12.1 Å². The van der Waals surface area contributed by atoms with Crippen LogP contribution < -0.4 is 4.72 Å². The van der Waals surface area contributed by atoms with E-state index in [4.69, 9.17) is 0 Å². The van der Waals surface area contributed by atoms with E-state index in [2.05, 4.69) is 4.72 Å². The van der Waals surface area contributed by atoms with Gasteiger partial charge in [0.05, 0.1) is 4.90 Å². The fourth-order valence-electron chi connectivity index (χ4n) is 1.42. The summed E-state index contributed by atoms with van der Waals surface area (Å²) < 4.78 is 27.9. The summed E-state index contributed by atoms with van der Waals surface area (Å²) in [5.74, 6) is -0.452. The molecule has 1 atom stereocenters. The van der Waals surface area contributed by atoms with Crippen LogP contribution in [0.1, 0.15) is 5.56 Å². The van der Waals surface area contributed by atoms with E-state index in [0.29, 0.717) is 6.54 Å². The second kappa shape index (κ2) is 5.70. The van der Waals surface area contributed by atoms with E-state index >= 15 is 0 Å². The first-order valence-corrected chi connectivity index (χ1v) is 6.36. The number of halogens is 1. The van der Waals surface area contributed by atoms with Gasteiger partial charge in [-0.3, -0.25) is 0 Å². The molecule has 0 aromatic heterocycles. The minimum atomic E-state index is -1.52. The average molecular weight is 249 g/mol. The van der Waals surface area contributed by atoms with Crippen molar-refractivity contribution in [3.63, 3.8) is 0 Å². The highest BCUT2D eigenvalue weighted by Gasteiger charge is 2.08. The maximum atomic E-state index is 13.3. The van der Waals surface area contributed by atoms with E-state index in [1.165, 1.54) is 12.1 Å². The van der Waals surface area contributed by atoms with Gasteiger partial charge >= 0.3 is 0 Å². The molecule has 88 valence electrons. The summed E-state index contributed by atoms with van der Waals surface area (Å²) in [4.78, 5) is 0.184. The maximum absolute atomic E-state index is 13.3. The Morgan fingerprint density at radius 1 is 1.00 bits per heavy atom. The monoisotopic (exact) mass is 249 g/mol. The molecule has 0 fully saturated rings. The predicted molar refractivity (Wildman–Crippen MR) is 66.1 cm³/mol. The molecule has 0 heterocycles. The van der Waals surface area contributed by atoms with Crippen molar-refractivity contribution in [2.45, 2.75) is 11.4 Å². The van der Waals surface area contributed by atoms with Gasteiger partial charge in [0.2, 0.25) is 0 Å². The quantitative estimate of drug-likeness (QED) is 0.886. The number of nitrogens with one attached hydrogen (secondary N) is 1. The molecule has 1 unspecified atom stereocenters. The van der Waals surface area contributed by atoms with Crippen molar-refractivity contribution in [2.75, 3.05) is 0 Å². The zero-order valence-electron chi connectivity index (χ0n) is 9.10. The Morgan fingerprint density at radius 2 is 1.65 bits per heavy atom. The molecule has 0 aliphatic carbocycles. The van der Waals surface area contributed by atoms with E-state index in [1.807, 2.05) is 30.3 Å². The first-order valence-electron chi connectivity index (χ1n) is 5.21. The predicted octanol–water partition coefficient (Wildman–Crippen LogP) is 2.64. The van der Waals surface area contributed by atoms with Gasteiger partial charge in [0.1, 0.15) is 16.8 Å². The molecule has 2 rings (SSSR count). The summed E-state index contributed by atoms with van der Waals surface area (Å²) in [5.41, 5.74) is 1.01. The molecule has 1 N–H and O–H groups in total. The third-order valence-corrected chi connectivity index (χ3v) is 3.42. The summed E-state index contributed by atoms with van der Waals surface area (Å²) in [6.45, 7) is 0.446. The van der Waals surface area contributed by atoms with Gasteiger partial charge in [0, 0.05) is 6.54 Å². The van der Waals surface area contributed by atoms with Crippen LogP contribution in [-0.2, 0) is 17.5 Å². The molecule has 2 aromatic carbocycles. The van der Waals surface area contributed by atoms with E-state index in [9.17, 15) is 8.60 Å². The Labute approximate surface area is 102 Å². The molecular weight excluding hydrogens is 237 g/mol. The second-order valence-electron chi connectivity index (χ2n) is 3.51. The Hall–Kier alpha value is -1.52. The number of rotatable bonds is 4. The summed E-state index contributed by atoms with van der Waals surface area (Å²) in [5, 5.41) is 0. The minimum absolute atomic E-state index is 0.184. The van der Waals surface area contributed by atoms with E-state index in [0.717, 1.165) is 5.56 Å². The summed E-state index contributed by atoms with van der Waals surface area (Å²) >= 11 is 0. The topological polar surface area (TPSA) is 29.1 Å². The maximum Gasteiger partial charge on any atom is 0.140 e. The summed E-state index contributed by atoms with van der Waals surface area (Å²) in [7, 11) is -1.52. The summed E-state index contributed by atoms with van der Waals surface area (Å²) in [6.07, 6.45) is 0. The lowest BCUT2D eigenvalue weighted by molar-refractivity contribution is 0.593. The Balaban J connectivity index is 2.01. The molecule has 0 saturated carbocycles. The minimum Gasteiger partial charge on any atom is -0.237 e. The van der Waals surface area contributed by atoms with Crippen molar-refractivity contribution < 1.29 is 8.60 Å². The first kappa shape index (κ1) is 12.0. The zero-order chi connectivity index (χ0) is 12.1. The Morgan fingerprint density at radius 3 is 2.35 bits per heavy atom. The van der Waals surface area contributed by atoms with Gasteiger partial charge < -0.3 is 0 Å². The van der Waals surface area contributed by atoms with Crippen LogP contribution in [0.15, 0.2) is 59.5 Å². The van der Waals surface area contributed by atoms with Crippen LogP contribution >= 0.6 is 0 Å². The lowest BCUT2D eigenvalue weighted by Crippen LogP contribution is -2.17. The van der Waals surface area contributed by atoms with Crippen LogP contribution in [0.4, 0.5) is 4.39 Å². The van der Waals surface area contributed by atoms with E-state index < -0.39 is 16.8 Å². The molecule has 0 bridgehead atoms. The third kappa shape index (κ3) is 3.22. The lowest BCUT2D eigenvalue weighted by Gasteiger charge is -2.05. The van der Waals surface area contributed by atoms with Crippen LogP contribution in [-0.4, -0.2) is 4.21 Å². The van der Waals surface area contributed by atoms with Crippen LogP contribution in [0.2, 0.25) is 0 Å². The highest BCUT2D eigenvalue weighted by molar-refractivity contribution is 7.83. The average Bonchev–Trinajstić information content (AvgIpc) is 2.38. The van der Waals surface area contributed by atoms with Crippen LogP contribution in [0.5, 0.6) is 0 Å².